The highest BCUT2D eigenvalue weighted by atomic mass is 32.2. The first-order valence-electron chi connectivity index (χ1n) is 12.4. The Bertz CT molecular complexity index is 795. The third kappa shape index (κ3) is 4.54. The Kier molecular flexibility index (Phi) is 7.23. The summed E-state index contributed by atoms with van der Waals surface area (Å²) in [4.78, 5) is 42.5. The van der Waals surface area contributed by atoms with Gasteiger partial charge < -0.3 is 20.6 Å². The van der Waals surface area contributed by atoms with Gasteiger partial charge in [-0.3, -0.25) is 14.4 Å². The number of hydrogen-bond donors (Lipinski definition) is 3. The smallest absolute Gasteiger partial charge is 0.244 e. The van der Waals surface area contributed by atoms with E-state index in [4.69, 9.17) is 0 Å². The Morgan fingerprint density at radius 1 is 1.24 bits per heavy atom. The predicted octanol–water partition coefficient (Wildman–Crippen LogP) is 2.56. The topological polar surface area (TPSA) is 98.7 Å². The van der Waals surface area contributed by atoms with Crippen LogP contribution in [-0.2, 0) is 14.4 Å². The molecule has 2 bridgehead atoms. The number of nitrogens with one attached hydrogen (secondary N) is 2. The van der Waals surface area contributed by atoms with Gasteiger partial charge in [-0.1, -0.05) is 34.6 Å². The van der Waals surface area contributed by atoms with E-state index in [-0.39, 0.29) is 40.9 Å². The zero-order valence-electron chi connectivity index (χ0n) is 21.5. The summed E-state index contributed by atoms with van der Waals surface area (Å²) < 4.78 is -0.651. The summed E-state index contributed by atoms with van der Waals surface area (Å²) in [7, 11) is 0. The van der Waals surface area contributed by atoms with Crippen molar-refractivity contribution in [3.05, 3.63) is 0 Å². The Hall–Kier alpha value is -1.28. The molecule has 3 N–H and O–H groups in total. The molecule has 33 heavy (non-hydrogen) atoms. The van der Waals surface area contributed by atoms with E-state index in [1.54, 1.807) is 23.6 Å². The number of thioether (sulfide) groups is 1. The van der Waals surface area contributed by atoms with Gasteiger partial charge in [0.05, 0.1) is 29.2 Å². The molecule has 0 aliphatic carbocycles. The van der Waals surface area contributed by atoms with Crippen molar-refractivity contribution in [2.45, 2.75) is 102 Å². The summed E-state index contributed by atoms with van der Waals surface area (Å²) in [5.74, 6) is -1.26. The van der Waals surface area contributed by atoms with Gasteiger partial charge in [0.25, 0.3) is 0 Å². The van der Waals surface area contributed by atoms with Gasteiger partial charge in [-0.05, 0) is 51.4 Å². The number of likely N-dealkylation sites (tertiary alicyclic amines) is 1. The third-order valence-corrected chi connectivity index (χ3v) is 9.53. The van der Waals surface area contributed by atoms with Crippen LogP contribution in [-0.4, -0.2) is 68.5 Å². The van der Waals surface area contributed by atoms with E-state index < -0.39 is 34.2 Å². The SMILES string of the molecule is CCCNC(=O)[C@@H]1[C@@H]2CC(C)C3(S2)C(C(=O)NC(C)(C)CC(C)(C)C)N([C@H](C)CO)C(=O)[C@H]13. The Labute approximate surface area is 203 Å². The highest BCUT2D eigenvalue weighted by molar-refractivity contribution is 8.02. The lowest BCUT2D eigenvalue weighted by molar-refractivity contribution is -0.142. The van der Waals surface area contributed by atoms with Crippen molar-refractivity contribution in [3.8, 4) is 0 Å². The van der Waals surface area contributed by atoms with E-state index in [1.807, 2.05) is 20.8 Å². The summed E-state index contributed by atoms with van der Waals surface area (Å²) in [6, 6.07) is -1.20. The molecule has 3 fully saturated rings. The van der Waals surface area contributed by atoms with Crippen LogP contribution in [0, 0.1) is 23.2 Å². The molecule has 188 valence electrons. The maximum atomic E-state index is 13.9. The molecule has 0 aromatic rings. The Balaban J connectivity index is 2.01. The van der Waals surface area contributed by atoms with Crippen molar-refractivity contribution in [3.63, 3.8) is 0 Å². The van der Waals surface area contributed by atoms with Crippen LogP contribution in [0.1, 0.15) is 74.7 Å². The maximum absolute atomic E-state index is 13.9. The van der Waals surface area contributed by atoms with Crippen LogP contribution in [0.15, 0.2) is 0 Å². The molecule has 3 aliphatic rings. The zero-order valence-corrected chi connectivity index (χ0v) is 22.3. The van der Waals surface area contributed by atoms with E-state index in [0.29, 0.717) is 6.54 Å². The highest BCUT2D eigenvalue weighted by Gasteiger charge is 2.76. The molecule has 0 aromatic carbocycles. The fourth-order valence-corrected chi connectivity index (χ4v) is 9.17. The van der Waals surface area contributed by atoms with Crippen LogP contribution in [0.25, 0.3) is 0 Å². The molecular weight excluding hydrogens is 438 g/mol. The number of aliphatic hydroxyl groups excluding tert-OH is 1. The molecule has 7 nitrogen and oxygen atoms in total. The molecule has 1 spiro atoms. The second kappa shape index (κ2) is 9.06. The molecule has 3 amide bonds. The maximum Gasteiger partial charge on any atom is 0.244 e. The second-order valence-corrected chi connectivity index (χ2v) is 13.8. The average Bonchev–Trinajstić information content (AvgIpc) is 3.26. The first-order chi connectivity index (χ1) is 15.2. The van der Waals surface area contributed by atoms with Crippen molar-refractivity contribution >= 4 is 29.5 Å². The van der Waals surface area contributed by atoms with E-state index in [2.05, 4.69) is 38.3 Å². The van der Waals surface area contributed by atoms with Crippen molar-refractivity contribution < 1.29 is 19.5 Å². The molecule has 3 aliphatic heterocycles. The first kappa shape index (κ1) is 26.3. The molecule has 0 radical (unpaired) electrons. The minimum Gasteiger partial charge on any atom is -0.394 e. The summed E-state index contributed by atoms with van der Waals surface area (Å²) in [6.45, 7) is 16.7. The number of carbonyl (C=O) groups is 3. The van der Waals surface area contributed by atoms with Crippen LogP contribution in [0.5, 0.6) is 0 Å². The van der Waals surface area contributed by atoms with Crippen LogP contribution in [0.3, 0.4) is 0 Å². The normalized spacial score (nSPS) is 34.4. The fraction of sp³-hybridized carbons (Fsp3) is 0.880. The molecule has 3 rings (SSSR count). The van der Waals surface area contributed by atoms with Crippen LogP contribution in [0.4, 0.5) is 0 Å². The highest BCUT2D eigenvalue weighted by Crippen LogP contribution is 2.68. The van der Waals surface area contributed by atoms with Gasteiger partial charge in [0, 0.05) is 17.3 Å². The van der Waals surface area contributed by atoms with Crippen molar-refractivity contribution in [1.82, 2.24) is 15.5 Å². The number of rotatable bonds is 8. The molecule has 3 unspecified atom stereocenters. The van der Waals surface area contributed by atoms with E-state index in [0.717, 1.165) is 19.3 Å². The molecule has 7 atom stereocenters. The number of carbonyl (C=O) groups excluding carboxylic acids is 3. The molecule has 8 heteroatoms. The second-order valence-electron chi connectivity index (χ2n) is 12.2. The van der Waals surface area contributed by atoms with Gasteiger partial charge in [0.1, 0.15) is 6.04 Å². The van der Waals surface area contributed by atoms with Crippen LogP contribution >= 0.6 is 11.8 Å². The van der Waals surface area contributed by atoms with E-state index in [9.17, 15) is 19.5 Å². The Morgan fingerprint density at radius 3 is 2.42 bits per heavy atom. The summed E-state index contributed by atoms with van der Waals surface area (Å²) in [5, 5.41) is 16.3. The third-order valence-electron chi connectivity index (χ3n) is 7.46. The minimum absolute atomic E-state index is 0.0253. The van der Waals surface area contributed by atoms with Crippen LogP contribution in [0.2, 0.25) is 0 Å². The van der Waals surface area contributed by atoms with Crippen LogP contribution < -0.4 is 10.6 Å². The van der Waals surface area contributed by atoms with Crippen molar-refractivity contribution in [2.24, 2.45) is 23.2 Å². The number of amides is 3. The van der Waals surface area contributed by atoms with Gasteiger partial charge in [-0.25, -0.2) is 0 Å². The van der Waals surface area contributed by atoms with Gasteiger partial charge in [-0.15, -0.1) is 11.8 Å². The lowest BCUT2D eigenvalue weighted by atomic mass is 9.65. The van der Waals surface area contributed by atoms with Gasteiger partial charge >= 0.3 is 0 Å². The molecule has 3 heterocycles. The molecule has 0 aromatic heterocycles. The average molecular weight is 482 g/mol. The molecule has 3 saturated heterocycles. The van der Waals surface area contributed by atoms with Crippen molar-refractivity contribution in [1.29, 1.82) is 0 Å². The van der Waals surface area contributed by atoms with Crippen molar-refractivity contribution in [2.75, 3.05) is 13.2 Å². The summed E-state index contributed by atoms with van der Waals surface area (Å²) >= 11 is 1.67. The zero-order chi connectivity index (χ0) is 24.9. The van der Waals surface area contributed by atoms with Gasteiger partial charge in [-0.2, -0.15) is 0 Å². The van der Waals surface area contributed by atoms with E-state index >= 15 is 0 Å². The lowest BCUT2D eigenvalue weighted by Crippen LogP contribution is -2.61. The first-order valence-corrected chi connectivity index (χ1v) is 13.3. The minimum atomic E-state index is -0.703. The monoisotopic (exact) mass is 481 g/mol. The van der Waals surface area contributed by atoms with Gasteiger partial charge in [0.2, 0.25) is 17.7 Å². The number of hydrogen-bond acceptors (Lipinski definition) is 5. The standard InChI is InChI=1S/C25H43N3O4S/c1-9-10-26-20(30)17-16-11-14(2)25(33-16)18(17)22(32)28(15(3)12-29)19(25)21(31)27-24(7,8)13-23(4,5)6/h14-19,29H,9-13H2,1-8H3,(H,26,30)(H,27,31)/t14?,15-,16+,17-,18+,19?,25?/m1/s1. The number of fused-ring (bicyclic) bond motifs is 1. The fourth-order valence-electron chi connectivity index (χ4n) is 6.76. The summed E-state index contributed by atoms with van der Waals surface area (Å²) in [6.07, 6.45) is 2.43. The number of aliphatic hydroxyl groups is 1. The Morgan fingerprint density at radius 2 is 1.88 bits per heavy atom. The quantitative estimate of drug-likeness (QED) is 0.495. The van der Waals surface area contributed by atoms with E-state index in [1.165, 1.54) is 0 Å². The predicted molar refractivity (Wildman–Crippen MR) is 132 cm³/mol. The number of nitrogens with zero attached hydrogens (tertiary/aromatic N) is 1. The lowest BCUT2D eigenvalue weighted by Gasteiger charge is -2.42. The summed E-state index contributed by atoms with van der Waals surface area (Å²) in [5.41, 5.74) is -0.429. The molecule has 0 saturated carbocycles. The molecular formula is C25H43N3O4S. The van der Waals surface area contributed by atoms with Gasteiger partial charge in [0.15, 0.2) is 0 Å². The largest absolute Gasteiger partial charge is 0.394 e.